The van der Waals surface area contributed by atoms with Gasteiger partial charge in [0, 0.05) is 24.3 Å². The minimum atomic E-state index is -0.346. The van der Waals surface area contributed by atoms with Crippen LogP contribution in [0.1, 0.15) is 52.5 Å². The number of methoxy groups -OCH3 is 2. The molecule has 1 aliphatic carbocycles. The van der Waals surface area contributed by atoms with E-state index in [0.717, 1.165) is 37.8 Å². The number of imidazole rings is 1. The van der Waals surface area contributed by atoms with Crippen molar-refractivity contribution in [2.24, 2.45) is 0 Å². The van der Waals surface area contributed by atoms with Crippen LogP contribution in [-0.2, 0) is 13.0 Å². The molecule has 8 nitrogen and oxygen atoms in total. The van der Waals surface area contributed by atoms with E-state index >= 15 is 0 Å². The van der Waals surface area contributed by atoms with Crippen molar-refractivity contribution in [3.05, 3.63) is 35.4 Å². The van der Waals surface area contributed by atoms with Gasteiger partial charge in [-0.05, 0) is 44.2 Å². The van der Waals surface area contributed by atoms with Gasteiger partial charge in [-0.25, -0.2) is 4.98 Å². The topological polar surface area (TPSA) is 94.5 Å². The summed E-state index contributed by atoms with van der Waals surface area (Å²) in [4.78, 5) is 29.9. The molecule has 8 heteroatoms. The van der Waals surface area contributed by atoms with Crippen LogP contribution < -0.4 is 20.1 Å². The molecular weight excluding hydrogens is 360 g/mol. The highest BCUT2D eigenvalue weighted by molar-refractivity contribution is 6.04. The monoisotopic (exact) mass is 384 g/mol. The van der Waals surface area contributed by atoms with Gasteiger partial charge in [-0.3, -0.25) is 9.59 Å². The van der Waals surface area contributed by atoms with Gasteiger partial charge in [0.1, 0.15) is 5.69 Å². The van der Waals surface area contributed by atoms with Gasteiger partial charge in [-0.2, -0.15) is 0 Å². The molecule has 1 saturated carbocycles. The van der Waals surface area contributed by atoms with E-state index in [1.54, 1.807) is 32.4 Å². The number of nitrogens with zero attached hydrogens (tertiary/aromatic N) is 2. The molecule has 0 atom stereocenters. The van der Waals surface area contributed by atoms with Crippen LogP contribution in [0.5, 0.6) is 11.5 Å². The van der Waals surface area contributed by atoms with Crippen molar-refractivity contribution in [2.45, 2.75) is 44.7 Å². The fourth-order valence-corrected chi connectivity index (χ4v) is 3.48. The maximum atomic E-state index is 12.9. The second-order valence-electron chi connectivity index (χ2n) is 7.11. The molecule has 0 bridgehead atoms. The number of anilines is 1. The molecule has 0 saturated heterocycles. The van der Waals surface area contributed by atoms with Gasteiger partial charge in [-0.1, -0.05) is 0 Å². The van der Waals surface area contributed by atoms with Crippen LogP contribution in [-0.4, -0.2) is 41.6 Å². The Morgan fingerprint density at radius 1 is 1.11 bits per heavy atom. The van der Waals surface area contributed by atoms with E-state index in [0.29, 0.717) is 29.4 Å². The third-order valence-electron chi connectivity index (χ3n) is 5.09. The van der Waals surface area contributed by atoms with Crippen molar-refractivity contribution < 1.29 is 19.1 Å². The Labute approximate surface area is 163 Å². The van der Waals surface area contributed by atoms with E-state index in [1.165, 1.54) is 0 Å². The van der Waals surface area contributed by atoms with Crippen LogP contribution in [0.2, 0.25) is 0 Å². The summed E-state index contributed by atoms with van der Waals surface area (Å²) < 4.78 is 12.4. The zero-order chi connectivity index (χ0) is 19.7. The molecule has 2 aromatic rings. The molecule has 148 valence electrons. The van der Waals surface area contributed by atoms with Gasteiger partial charge in [0.2, 0.25) is 0 Å². The number of hydrogen-bond donors (Lipinski definition) is 2. The molecule has 28 heavy (non-hydrogen) atoms. The first-order chi connectivity index (χ1) is 13.6. The molecule has 2 N–H and O–H groups in total. The molecule has 1 aromatic carbocycles. The second kappa shape index (κ2) is 7.53. The summed E-state index contributed by atoms with van der Waals surface area (Å²) in [6.07, 6.45) is 4.72. The van der Waals surface area contributed by atoms with Crippen molar-refractivity contribution in [2.75, 3.05) is 19.5 Å². The zero-order valence-electron chi connectivity index (χ0n) is 16.1. The summed E-state index contributed by atoms with van der Waals surface area (Å²) in [5, 5.41) is 5.82. The Hall–Kier alpha value is -3.03. The predicted molar refractivity (Wildman–Crippen MR) is 103 cm³/mol. The van der Waals surface area contributed by atoms with Crippen molar-refractivity contribution in [1.82, 2.24) is 14.9 Å². The van der Waals surface area contributed by atoms with Gasteiger partial charge >= 0.3 is 0 Å². The molecule has 4 rings (SSSR count). The summed E-state index contributed by atoms with van der Waals surface area (Å²) in [5.74, 6) is 0.845. The molecule has 2 amide bonds. The number of carbonyl (C=O) groups is 2. The number of aromatic nitrogens is 2. The lowest BCUT2D eigenvalue weighted by Crippen LogP contribution is -2.27. The normalized spacial score (nSPS) is 15.5. The van der Waals surface area contributed by atoms with E-state index in [-0.39, 0.29) is 23.7 Å². The molecule has 1 aliphatic heterocycles. The van der Waals surface area contributed by atoms with Crippen molar-refractivity contribution in [1.29, 1.82) is 0 Å². The highest BCUT2D eigenvalue weighted by atomic mass is 16.5. The van der Waals surface area contributed by atoms with Crippen molar-refractivity contribution >= 4 is 17.5 Å². The molecule has 1 fully saturated rings. The quantitative estimate of drug-likeness (QED) is 0.797. The Bertz CT molecular complexity index is 917. The standard InChI is InChI=1S/C20H24N4O4/c1-27-15-9-8-13(11-16(15)28-2)22-20(26)18-23-17(19(25)21-12-6-7-12)14-5-3-4-10-24(14)18/h8-9,11-12H,3-7,10H2,1-2H3,(H,21,25)(H,22,26). The summed E-state index contributed by atoms with van der Waals surface area (Å²) in [6.45, 7) is 0.688. The van der Waals surface area contributed by atoms with E-state index < -0.39 is 0 Å². The van der Waals surface area contributed by atoms with Crippen LogP contribution in [0.3, 0.4) is 0 Å². The SMILES string of the molecule is COc1ccc(NC(=O)c2nc(C(=O)NC3CC3)c3n2CCCC3)cc1OC. The molecule has 2 aliphatic rings. The van der Waals surface area contributed by atoms with E-state index in [4.69, 9.17) is 9.47 Å². The minimum absolute atomic E-state index is 0.182. The highest BCUT2D eigenvalue weighted by Gasteiger charge is 2.30. The number of ether oxygens (including phenoxy) is 2. The number of nitrogens with one attached hydrogen (secondary N) is 2. The minimum Gasteiger partial charge on any atom is -0.493 e. The third kappa shape index (κ3) is 3.54. The predicted octanol–water partition coefficient (Wildman–Crippen LogP) is 2.38. The van der Waals surface area contributed by atoms with Crippen LogP contribution in [0, 0.1) is 0 Å². The van der Waals surface area contributed by atoms with Gasteiger partial charge in [-0.15, -0.1) is 0 Å². The summed E-state index contributed by atoms with van der Waals surface area (Å²) in [7, 11) is 3.10. The smallest absolute Gasteiger partial charge is 0.291 e. The van der Waals surface area contributed by atoms with Gasteiger partial charge in [0.25, 0.3) is 11.8 Å². The van der Waals surface area contributed by atoms with E-state index in [1.807, 2.05) is 4.57 Å². The Balaban J connectivity index is 1.60. The molecule has 1 aromatic heterocycles. The number of carbonyl (C=O) groups excluding carboxylic acids is 2. The largest absolute Gasteiger partial charge is 0.493 e. The molecule has 0 spiro atoms. The average molecular weight is 384 g/mol. The number of hydrogen-bond acceptors (Lipinski definition) is 5. The van der Waals surface area contributed by atoms with Gasteiger partial charge in [0.15, 0.2) is 17.3 Å². The molecule has 0 unspecified atom stereocenters. The average Bonchev–Trinajstić information content (AvgIpc) is 3.44. The van der Waals surface area contributed by atoms with Crippen LogP contribution in [0.15, 0.2) is 18.2 Å². The van der Waals surface area contributed by atoms with E-state index in [2.05, 4.69) is 15.6 Å². The first kappa shape index (κ1) is 18.3. The number of amides is 2. The highest BCUT2D eigenvalue weighted by Crippen LogP contribution is 2.30. The lowest BCUT2D eigenvalue weighted by atomic mass is 10.1. The fraction of sp³-hybridized carbons (Fsp3) is 0.450. The first-order valence-corrected chi connectivity index (χ1v) is 9.54. The Morgan fingerprint density at radius 2 is 1.89 bits per heavy atom. The number of fused-ring (bicyclic) bond motifs is 1. The van der Waals surface area contributed by atoms with Crippen LogP contribution >= 0.6 is 0 Å². The van der Waals surface area contributed by atoms with Gasteiger partial charge in [0.05, 0.1) is 19.9 Å². The van der Waals surface area contributed by atoms with Crippen LogP contribution in [0.4, 0.5) is 5.69 Å². The summed E-state index contributed by atoms with van der Waals surface area (Å²) in [5.41, 5.74) is 1.80. The molecule has 0 radical (unpaired) electrons. The Kier molecular flexibility index (Phi) is 4.93. The zero-order valence-corrected chi connectivity index (χ0v) is 16.1. The first-order valence-electron chi connectivity index (χ1n) is 9.54. The molecular formula is C20H24N4O4. The van der Waals surface area contributed by atoms with Crippen LogP contribution in [0.25, 0.3) is 0 Å². The Morgan fingerprint density at radius 3 is 2.61 bits per heavy atom. The van der Waals surface area contributed by atoms with Gasteiger partial charge < -0.3 is 24.7 Å². The summed E-state index contributed by atoms with van der Waals surface area (Å²) >= 11 is 0. The maximum absolute atomic E-state index is 12.9. The summed E-state index contributed by atoms with van der Waals surface area (Å²) in [6, 6.07) is 5.40. The lowest BCUT2D eigenvalue weighted by Gasteiger charge is -2.17. The third-order valence-corrected chi connectivity index (χ3v) is 5.09. The van der Waals surface area contributed by atoms with Crippen molar-refractivity contribution in [3.8, 4) is 11.5 Å². The van der Waals surface area contributed by atoms with E-state index in [9.17, 15) is 9.59 Å². The molecule has 2 heterocycles. The number of rotatable bonds is 6. The van der Waals surface area contributed by atoms with Crippen molar-refractivity contribution in [3.63, 3.8) is 0 Å². The fourth-order valence-electron chi connectivity index (χ4n) is 3.48. The lowest BCUT2D eigenvalue weighted by molar-refractivity contribution is 0.0945. The second-order valence-corrected chi connectivity index (χ2v) is 7.11. The maximum Gasteiger partial charge on any atom is 0.291 e. The number of benzene rings is 1.